The maximum atomic E-state index is 11.2. The minimum atomic E-state index is -4.11. The third-order valence-corrected chi connectivity index (χ3v) is 8.96. The largest absolute Gasteiger partial charge is 0.748 e. The summed E-state index contributed by atoms with van der Waals surface area (Å²) in [5.41, 5.74) is 0.0617. The fraction of sp³-hybridized carbons (Fsp3) is 1.00. The van der Waals surface area contributed by atoms with E-state index < -0.39 is 20.0 Å². The highest BCUT2D eigenvalue weighted by Crippen LogP contribution is 2.29. The summed E-state index contributed by atoms with van der Waals surface area (Å²) in [4.78, 5) is 4.72. The SMILES string of the molecule is C.CC(C)(C)N(CCCS(C)(=O)=O)C1CCCCC1.CC(C)(C)N(CCS(=O)(=O)[O-])C1CCCCC1. The average Bonchev–Trinajstić information content (AvgIpc) is 2.70. The first-order valence-corrected chi connectivity index (χ1v) is 17.2. The Morgan fingerprint density at radius 1 is 0.667 bits per heavy atom. The van der Waals surface area contributed by atoms with Gasteiger partial charge in [0, 0.05) is 36.0 Å². The molecule has 36 heavy (non-hydrogen) atoms. The van der Waals surface area contributed by atoms with Crippen LogP contribution in [0.15, 0.2) is 0 Å². The summed E-state index contributed by atoms with van der Waals surface area (Å²) in [7, 11) is -6.93. The molecule has 2 fully saturated rings. The Bertz CT molecular complexity index is 802. The van der Waals surface area contributed by atoms with Crippen LogP contribution in [-0.2, 0) is 20.0 Å². The van der Waals surface area contributed by atoms with E-state index in [4.69, 9.17) is 0 Å². The highest BCUT2D eigenvalue weighted by atomic mass is 32.2. The van der Waals surface area contributed by atoms with Crippen molar-refractivity contribution in [3.8, 4) is 0 Å². The molecule has 0 bridgehead atoms. The van der Waals surface area contributed by atoms with Gasteiger partial charge in [0.15, 0.2) is 0 Å². The molecule has 0 atom stereocenters. The third kappa shape index (κ3) is 15.3. The first-order chi connectivity index (χ1) is 15.9. The zero-order valence-corrected chi connectivity index (χ0v) is 25.1. The molecule has 218 valence electrons. The molecule has 0 aromatic rings. The second-order valence-electron chi connectivity index (χ2n) is 12.6. The number of rotatable bonds is 9. The van der Waals surface area contributed by atoms with Gasteiger partial charge in [-0.2, -0.15) is 0 Å². The molecule has 0 amide bonds. The zero-order chi connectivity index (χ0) is 26.9. The Kier molecular flexibility index (Phi) is 15.3. The van der Waals surface area contributed by atoms with Crippen LogP contribution in [0.1, 0.15) is 120 Å². The van der Waals surface area contributed by atoms with Gasteiger partial charge in [0.2, 0.25) is 0 Å². The van der Waals surface area contributed by atoms with Gasteiger partial charge >= 0.3 is 0 Å². The highest BCUT2D eigenvalue weighted by molar-refractivity contribution is 7.90. The van der Waals surface area contributed by atoms with Crippen LogP contribution in [0.2, 0.25) is 0 Å². The van der Waals surface area contributed by atoms with Crippen molar-refractivity contribution in [2.24, 2.45) is 0 Å². The van der Waals surface area contributed by atoms with E-state index in [-0.39, 0.29) is 24.3 Å². The fourth-order valence-electron chi connectivity index (χ4n) is 5.62. The molecule has 0 heterocycles. The second kappa shape index (κ2) is 15.4. The summed E-state index contributed by atoms with van der Waals surface area (Å²) < 4.78 is 54.7. The molecule has 0 aliphatic heterocycles. The summed E-state index contributed by atoms with van der Waals surface area (Å²) in [5.74, 6) is 0.0348. The van der Waals surface area contributed by atoms with Crippen molar-refractivity contribution < 1.29 is 21.4 Å². The standard InChI is InChI=1S/C14H29NO2S.C12H25NO3S.CH4/c1-14(2,3)15(11-8-12-18(4,16)17)13-9-6-5-7-10-13;1-12(2,3)13(9-10-17(14,15)16)11-7-5-4-6-8-11;/h13H,5-12H2,1-4H3;11H,4-10H2,1-3H3,(H,14,15,16);1H4/p-1. The molecule has 9 heteroatoms. The van der Waals surface area contributed by atoms with Gasteiger partial charge in [0.1, 0.15) is 9.84 Å². The van der Waals surface area contributed by atoms with Crippen LogP contribution in [0.4, 0.5) is 0 Å². The van der Waals surface area contributed by atoms with E-state index in [1.165, 1.54) is 57.6 Å². The number of hydrogen-bond acceptors (Lipinski definition) is 7. The fourth-order valence-corrected chi connectivity index (χ4v) is 6.70. The molecule has 0 saturated heterocycles. The van der Waals surface area contributed by atoms with E-state index in [0.29, 0.717) is 24.4 Å². The van der Waals surface area contributed by atoms with Crippen LogP contribution in [-0.4, -0.2) is 85.2 Å². The predicted octanol–water partition coefficient (Wildman–Crippen LogP) is 5.46. The van der Waals surface area contributed by atoms with E-state index in [2.05, 4.69) is 51.3 Å². The molecule has 0 aromatic heterocycles. The summed E-state index contributed by atoms with van der Waals surface area (Å²) in [5, 5.41) is 0. The van der Waals surface area contributed by atoms with E-state index in [0.717, 1.165) is 25.8 Å². The third-order valence-electron chi connectivity index (χ3n) is 7.25. The predicted molar refractivity (Wildman–Crippen MR) is 152 cm³/mol. The molecule has 7 nitrogen and oxygen atoms in total. The summed E-state index contributed by atoms with van der Waals surface area (Å²) in [6, 6.07) is 1.09. The van der Waals surface area contributed by atoms with Crippen molar-refractivity contribution in [2.45, 2.75) is 143 Å². The van der Waals surface area contributed by atoms with Crippen molar-refractivity contribution >= 4 is 20.0 Å². The minimum Gasteiger partial charge on any atom is -0.748 e. The Morgan fingerprint density at radius 2 is 1.03 bits per heavy atom. The lowest BCUT2D eigenvalue weighted by atomic mass is 9.90. The van der Waals surface area contributed by atoms with Crippen molar-refractivity contribution in [3.63, 3.8) is 0 Å². The molecule has 0 N–H and O–H groups in total. The summed E-state index contributed by atoms with van der Waals surface area (Å²) >= 11 is 0. The molecular weight excluding hydrogens is 496 g/mol. The van der Waals surface area contributed by atoms with E-state index in [1.54, 1.807) is 0 Å². The van der Waals surface area contributed by atoms with E-state index in [1.807, 2.05) is 0 Å². The smallest absolute Gasteiger partial charge is 0.147 e. The number of hydrogen-bond donors (Lipinski definition) is 0. The van der Waals surface area contributed by atoms with Crippen molar-refractivity contribution in [3.05, 3.63) is 0 Å². The van der Waals surface area contributed by atoms with Gasteiger partial charge in [0.25, 0.3) is 0 Å². The molecule has 2 aliphatic rings. The van der Waals surface area contributed by atoms with E-state index >= 15 is 0 Å². The van der Waals surface area contributed by atoms with Gasteiger partial charge in [-0.25, -0.2) is 16.8 Å². The van der Waals surface area contributed by atoms with Crippen LogP contribution >= 0.6 is 0 Å². The molecule has 0 unspecified atom stereocenters. The van der Waals surface area contributed by atoms with Crippen LogP contribution in [0.3, 0.4) is 0 Å². The lowest BCUT2D eigenvalue weighted by Crippen LogP contribution is -2.50. The van der Waals surface area contributed by atoms with Crippen LogP contribution < -0.4 is 0 Å². The van der Waals surface area contributed by atoms with Crippen LogP contribution in [0, 0.1) is 0 Å². The Hall–Kier alpha value is -0.220. The first kappa shape index (κ1) is 35.8. The lowest BCUT2D eigenvalue weighted by molar-refractivity contribution is 0.0607. The number of sulfone groups is 1. The monoisotopic (exact) mass is 553 g/mol. The van der Waals surface area contributed by atoms with Gasteiger partial charge in [-0.1, -0.05) is 46.0 Å². The van der Waals surface area contributed by atoms with Crippen LogP contribution in [0.25, 0.3) is 0 Å². The van der Waals surface area contributed by atoms with Gasteiger partial charge in [0.05, 0.1) is 21.6 Å². The molecule has 2 rings (SSSR count). The summed E-state index contributed by atoms with van der Waals surface area (Å²) in [6.45, 7) is 14.2. The van der Waals surface area contributed by atoms with Crippen molar-refractivity contribution in [1.82, 2.24) is 9.80 Å². The normalized spacial score (nSPS) is 19.1. The van der Waals surface area contributed by atoms with Gasteiger partial charge in [-0.15, -0.1) is 0 Å². The quantitative estimate of drug-likeness (QED) is 0.350. The van der Waals surface area contributed by atoms with Gasteiger partial charge in [-0.3, -0.25) is 9.80 Å². The van der Waals surface area contributed by atoms with Gasteiger partial charge in [-0.05, 0) is 80.2 Å². The Balaban J connectivity index is 0.000000663. The van der Waals surface area contributed by atoms with Crippen molar-refractivity contribution in [2.75, 3.05) is 30.9 Å². The lowest BCUT2D eigenvalue weighted by Gasteiger charge is -2.43. The molecule has 0 aromatic carbocycles. The second-order valence-corrected chi connectivity index (χ2v) is 16.3. The van der Waals surface area contributed by atoms with Gasteiger partial charge < -0.3 is 4.55 Å². The molecule has 2 saturated carbocycles. The van der Waals surface area contributed by atoms with Crippen molar-refractivity contribution in [1.29, 1.82) is 0 Å². The van der Waals surface area contributed by atoms with E-state index in [9.17, 15) is 21.4 Å². The van der Waals surface area contributed by atoms with Crippen LogP contribution in [0.5, 0.6) is 0 Å². The first-order valence-electron chi connectivity index (χ1n) is 13.5. The Morgan fingerprint density at radius 3 is 1.33 bits per heavy atom. The molecule has 0 spiro atoms. The maximum Gasteiger partial charge on any atom is 0.147 e. The molecule has 0 radical (unpaired) electrons. The zero-order valence-electron chi connectivity index (χ0n) is 23.5. The maximum absolute atomic E-state index is 11.2. The minimum absolute atomic E-state index is 0. The summed E-state index contributed by atoms with van der Waals surface area (Å²) in [6.07, 6.45) is 14.6. The highest BCUT2D eigenvalue weighted by Gasteiger charge is 2.30. The molecular formula is C27H57N2O5S2-. The average molecular weight is 554 g/mol. The Labute approximate surface area is 224 Å². The topological polar surface area (TPSA) is 97.8 Å². The molecule has 2 aliphatic carbocycles. The number of nitrogens with zero attached hydrogens (tertiary/aromatic N) is 2.